The molecule has 2 aliphatic rings. The molecular weight excluding hydrogens is 228 g/mol. The summed E-state index contributed by atoms with van der Waals surface area (Å²) >= 11 is 0. The summed E-state index contributed by atoms with van der Waals surface area (Å²) in [6, 6.07) is 0.720. The van der Waals surface area contributed by atoms with Crippen molar-refractivity contribution in [3.05, 3.63) is 17.2 Å². The average molecular weight is 248 g/mol. The SMILES string of the molecule is Cn1c(C(N)=O)nc2c1CCN(C1CCCC1)C2. The first kappa shape index (κ1) is 11.7. The van der Waals surface area contributed by atoms with E-state index in [9.17, 15) is 4.79 Å². The highest BCUT2D eigenvalue weighted by molar-refractivity contribution is 5.89. The fourth-order valence-electron chi connectivity index (χ4n) is 3.35. The zero-order chi connectivity index (χ0) is 12.7. The minimum atomic E-state index is -0.431. The lowest BCUT2D eigenvalue weighted by molar-refractivity contribution is 0.0987. The average Bonchev–Trinajstić information content (AvgIpc) is 2.97. The van der Waals surface area contributed by atoms with Gasteiger partial charge in [0.1, 0.15) is 0 Å². The summed E-state index contributed by atoms with van der Waals surface area (Å²) in [7, 11) is 1.89. The Morgan fingerprint density at radius 3 is 2.78 bits per heavy atom. The van der Waals surface area contributed by atoms with Gasteiger partial charge in [-0.3, -0.25) is 9.69 Å². The van der Waals surface area contributed by atoms with Gasteiger partial charge in [-0.05, 0) is 12.8 Å². The van der Waals surface area contributed by atoms with E-state index in [0.717, 1.165) is 31.2 Å². The van der Waals surface area contributed by atoms with E-state index in [0.29, 0.717) is 5.82 Å². The summed E-state index contributed by atoms with van der Waals surface area (Å²) in [5.41, 5.74) is 7.57. The Morgan fingerprint density at radius 2 is 2.11 bits per heavy atom. The molecule has 1 aliphatic carbocycles. The van der Waals surface area contributed by atoms with Crippen molar-refractivity contribution in [2.45, 2.75) is 44.7 Å². The van der Waals surface area contributed by atoms with Gasteiger partial charge in [0.15, 0.2) is 5.82 Å². The first-order valence-corrected chi connectivity index (χ1v) is 6.75. The van der Waals surface area contributed by atoms with Crippen LogP contribution in [0.15, 0.2) is 0 Å². The molecule has 1 fully saturated rings. The van der Waals surface area contributed by atoms with Crippen LogP contribution in [0.2, 0.25) is 0 Å². The molecular formula is C13H20N4O. The molecule has 0 unspecified atom stereocenters. The number of hydrogen-bond donors (Lipinski definition) is 1. The fraction of sp³-hybridized carbons (Fsp3) is 0.692. The van der Waals surface area contributed by atoms with Crippen LogP contribution < -0.4 is 5.73 Å². The van der Waals surface area contributed by atoms with E-state index in [1.54, 1.807) is 0 Å². The number of rotatable bonds is 2. The van der Waals surface area contributed by atoms with Crippen LogP contribution >= 0.6 is 0 Å². The van der Waals surface area contributed by atoms with Gasteiger partial charge in [-0.15, -0.1) is 0 Å². The standard InChI is InChI=1S/C13H20N4O/c1-16-11-6-7-17(9-4-2-3-5-9)8-10(11)15-13(16)12(14)18/h9H,2-8H2,1H3,(H2,14,18). The lowest BCUT2D eigenvalue weighted by Gasteiger charge is -2.31. The summed E-state index contributed by atoms with van der Waals surface area (Å²) in [6.45, 7) is 1.95. The van der Waals surface area contributed by atoms with Gasteiger partial charge in [0.2, 0.25) is 0 Å². The molecule has 1 aromatic heterocycles. The second-order valence-electron chi connectivity index (χ2n) is 5.41. The first-order chi connectivity index (χ1) is 8.66. The Hall–Kier alpha value is -1.36. The Kier molecular flexibility index (Phi) is 2.86. The molecule has 0 bridgehead atoms. The third-order valence-electron chi connectivity index (χ3n) is 4.35. The molecule has 1 amide bonds. The molecule has 0 aromatic carbocycles. The van der Waals surface area contributed by atoms with Gasteiger partial charge in [0, 0.05) is 38.3 Å². The van der Waals surface area contributed by atoms with Gasteiger partial charge in [0.05, 0.1) is 5.69 Å². The van der Waals surface area contributed by atoms with Crippen LogP contribution in [0.25, 0.3) is 0 Å². The Morgan fingerprint density at radius 1 is 1.39 bits per heavy atom. The predicted molar refractivity (Wildman–Crippen MR) is 68.1 cm³/mol. The fourth-order valence-corrected chi connectivity index (χ4v) is 3.35. The molecule has 0 saturated heterocycles. The molecule has 18 heavy (non-hydrogen) atoms. The highest BCUT2D eigenvalue weighted by Gasteiger charge is 2.29. The second kappa shape index (κ2) is 4.39. The Balaban J connectivity index is 1.84. The lowest BCUT2D eigenvalue weighted by Crippen LogP contribution is -2.38. The van der Waals surface area contributed by atoms with Crippen molar-refractivity contribution in [2.75, 3.05) is 6.54 Å². The van der Waals surface area contributed by atoms with E-state index < -0.39 is 5.91 Å². The highest BCUT2D eigenvalue weighted by atomic mass is 16.1. The molecule has 3 rings (SSSR count). The van der Waals surface area contributed by atoms with E-state index in [-0.39, 0.29) is 0 Å². The number of carbonyl (C=O) groups excluding carboxylic acids is 1. The van der Waals surface area contributed by atoms with Crippen molar-refractivity contribution in [1.29, 1.82) is 0 Å². The number of aromatic nitrogens is 2. The topological polar surface area (TPSA) is 64.1 Å². The van der Waals surface area contributed by atoms with E-state index in [1.165, 1.54) is 31.4 Å². The summed E-state index contributed by atoms with van der Waals surface area (Å²) in [5, 5.41) is 0. The van der Waals surface area contributed by atoms with Crippen molar-refractivity contribution in [3.63, 3.8) is 0 Å². The van der Waals surface area contributed by atoms with Crippen molar-refractivity contribution < 1.29 is 4.79 Å². The molecule has 1 aliphatic heterocycles. The number of fused-ring (bicyclic) bond motifs is 1. The number of amides is 1. The zero-order valence-corrected chi connectivity index (χ0v) is 10.9. The Bertz CT molecular complexity index is 474. The third-order valence-corrected chi connectivity index (χ3v) is 4.35. The van der Waals surface area contributed by atoms with E-state index >= 15 is 0 Å². The summed E-state index contributed by atoms with van der Waals surface area (Å²) in [4.78, 5) is 18.2. The molecule has 5 heteroatoms. The number of imidazole rings is 1. The number of hydrogen-bond acceptors (Lipinski definition) is 3. The van der Waals surface area contributed by atoms with E-state index in [4.69, 9.17) is 5.73 Å². The van der Waals surface area contributed by atoms with Gasteiger partial charge in [-0.2, -0.15) is 0 Å². The zero-order valence-electron chi connectivity index (χ0n) is 10.9. The molecule has 2 heterocycles. The molecule has 0 spiro atoms. The quantitative estimate of drug-likeness (QED) is 0.842. The monoisotopic (exact) mass is 248 g/mol. The van der Waals surface area contributed by atoms with Crippen molar-refractivity contribution in [3.8, 4) is 0 Å². The van der Waals surface area contributed by atoms with Gasteiger partial charge in [-0.1, -0.05) is 12.8 Å². The van der Waals surface area contributed by atoms with Gasteiger partial charge < -0.3 is 10.3 Å². The van der Waals surface area contributed by atoms with Crippen LogP contribution in [0.5, 0.6) is 0 Å². The Labute approximate surface area is 107 Å². The number of primary amides is 1. The number of carbonyl (C=O) groups is 1. The minimum absolute atomic E-state index is 0.397. The second-order valence-corrected chi connectivity index (χ2v) is 5.41. The van der Waals surface area contributed by atoms with E-state index in [1.807, 2.05) is 11.6 Å². The van der Waals surface area contributed by atoms with Crippen LogP contribution in [0, 0.1) is 0 Å². The molecule has 0 radical (unpaired) electrons. The van der Waals surface area contributed by atoms with Gasteiger partial charge in [-0.25, -0.2) is 4.98 Å². The molecule has 1 saturated carbocycles. The molecule has 1 aromatic rings. The van der Waals surface area contributed by atoms with Crippen molar-refractivity contribution in [1.82, 2.24) is 14.5 Å². The van der Waals surface area contributed by atoms with Crippen molar-refractivity contribution >= 4 is 5.91 Å². The van der Waals surface area contributed by atoms with Crippen LogP contribution in [-0.4, -0.2) is 32.9 Å². The minimum Gasteiger partial charge on any atom is -0.363 e. The van der Waals surface area contributed by atoms with Gasteiger partial charge >= 0.3 is 0 Å². The van der Waals surface area contributed by atoms with Crippen molar-refractivity contribution in [2.24, 2.45) is 12.8 Å². The molecule has 2 N–H and O–H groups in total. The maximum absolute atomic E-state index is 11.3. The van der Waals surface area contributed by atoms with Crippen LogP contribution in [0.1, 0.15) is 47.7 Å². The highest BCUT2D eigenvalue weighted by Crippen LogP contribution is 2.28. The summed E-state index contributed by atoms with van der Waals surface area (Å²) in [5.74, 6) is -0.0346. The number of nitrogens with zero attached hydrogens (tertiary/aromatic N) is 3. The maximum Gasteiger partial charge on any atom is 0.284 e. The van der Waals surface area contributed by atoms with Crippen LogP contribution in [0.3, 0.4) is 0 Å². The molecule has 5 nitrogen and oxygen atoms in total. The van der Waals surface area contributed by atoms with Crippen LogP contribution in [-0.2, 0) is 20.0 Å². The largest absolute Gasteiger partial charge is 0.363 e. The van der Waals surface area contributed by atoms with Crippen LogP contribution in [0.4, 0.5) is 0 Å². The maximum atomic E-state index is 11.3. The normalized spacial score (nSPS) is 21.2. The third kappa shape index (κ3) is 1.82. The number of nitrogens with two attached hydrogens (primary N) is 1. The smallest absolute Gasteiger partial charge is 0.284 e. The molecule has 0 atom stereocenters. The summed E-state index contributed by atoms with van der Waals surface area (Å²) < 4.78 is 1.86. The predicted octanol–water partition coefficient (Wildman–Crippen LogP) is 0.820. The molecule has 98 valence electrons. The van der Waals surface area contributed by atoms with Gasteiger partial charge in [0.25, 0.3) is 5.91 Å². The summed E-state index contributed by atoms with van der Waals surface area (Å²) in [6.07, 6.45) is 6.30. The first-order valence-electron chi connectivity index (χ1n) is 6.75. The van der Waals surface area contributed by atoms with E-state index in [2.05, 4.69) is 9.88 Å². The lowest BCUT2D eigenvalue weighted by atomic mass is 10.1.